The summed E-state index contributed by atoms with van der Waals surface area (Å²) in [6, 6.07) is 7.13. The molecule has 0 fully saturated rings. The molecule has 7 nitrogen and oxygen atoms in total. The molecule has 0 unspecified atom stereocenters. The summed E-state index contributed by atoms with van der Waals surface area (Å²) in [5, 5.41) is 15.7. The number of nitrogens with one attached hydrogen (secondary N) is 1. The first-order valence-corrected chi connectivity index (χ1v) is 12.1. The average Bonchev–Trinajstić information content (AvgIpc) is 3.45. The predicted octanol–water partition coefficient (Wildman–Crippen LogP) is 5.28. The molecule has 0 aliphatic carbocycles. The molecule has 5 rings (SSSR count). The van der Waals surface area contributed by atoms with Crippen LogP contribution in [0.15, 0.2) is 40.8 Å². The molecule has 1 atom stereocenters. The second-order valence-electron chi connectivity index (χ2n) is 7.49. The molecule has 1 N–H and O–H groups in total. The second-order valence-corrected chi connectivity index (χ2v) is 10.0. The van der Waals surface area contributed by atoms with Gasteiger partial charge in [-0.25, -0.2) is 4.98 Å². The van der Waals surface area contributed by atoms with E-state index in [9.17, 15) is 4.79 Å². The first-order valence-electron chi connectivity index (χ1n) is 9.98. The number of nitrogens with zero attached hydrogens (tertiary/aromatic N) is 5. The van der Waals surface area contributed by atoms with Gasteiger partial charge in [0, 0.05) is 32.6 Å². The largest absolute Gasteiger partial charge is 0.302 e. The molecule has 1 aromatic carbocycles. The molecule has 32 heavy (non-hydrogen) atoms. The highest BCUT2D eigenvalue weighted by molar-refractivity contribution is 7.15. The van der Waals surface area contributed by atoms with Gasteiger partial charge in [0.1, 0.15) is 16.9 Å². The van der Waals surface area contributed by atoms with Crippen LogP contribution in [-0.2, 0) is 4.79 Å². The number of aryl methyl sites for hydroxylation is 2. The summed E-state index contributed by atoms with van der Waals surface area (Å²) in [6.07, 6.45) is 1.79. The summed E-state index contributed by atoms with van der Waals surface area (Å²) in [5.74, 6) is 1.25. The van der Waals surface area contributed by atoms with E-state index in [0.717, 1.165) is 33.2 Å². The Bertz CT molecular complexity index is 1340. The van der Waals surface area contributed by atoms with Crippen LogP contribution in [0.4, 0.5) is 5.13 Å². The standard InChI is InChI=1S/C22H19ClN6OS2/c1-11-12(2)32-21-18(11)19(14-4-6-15(23)7-5-14)25-16(20-28-27-13(3)29(20)21)10-17(30)26-22-24-8-9-31-22/h4-9,16H,10H2,1-3H3,(H,24,26,30)/t16-/m0/s1. The minimum Gasteiger partial charge on any atom is -0.302 e. The van der Waals surface area contributed by atoms with Gasteiger partial charge in [0.2, 0.25) is 5.91 Å². The van der Waals surface area contributed by atoms with Crippen LogP contribution < -0.4 is 5.32 Å². The molecule has 3 aromatic heterocycles. The average molecular weight is 483 g/mol. The molecule has 162 valence electrons. The number of aromatic nitrogens is 4. The zero-order valence-corrected chi connectivity index (χ0v) is 20.0. The maximum atomic E-state index is 12.8. The highest BCUT2D eigenvalue weighted by Gasteiger charge is 2.32. The van der Waals surface area contributed by atoms with Crippen molar-refractivity contribution in [3.8, 4) is 5.00 Å². The van der Waals surface area contributed by atoms with Crippen LogP contribution in [0.1, 0.15) is 45.7 Å². The van der Waals surface area contributed by atoms with Crippen molar-refractivity contribution in [3.63, 3.8) is 0 Å². The lowest BCUT2D eigenvalue weighted by Gasteiger charge is -2.12. The van der Waals surface area contributed by atoms with Crippen molar-refractivity contribution in [1.82, 2.24) is 19.7 Å². The quantitative estimate of drug-likeness (QED) is 0.428. The molecule has 0 saturated carbocycles. The smallest absolute Gasteiger partial charge is 0.228 e. The highest BCUT2D eigenvalue weighted by atomic mass is 35.5. The summed E-state index contributed by atoms with van der Waals surface area (Å²) < 4.78 is 2.04. The van der Waals surface area contributed by atoms with E-state index < -0.39 is 6.04 Å². The molecule has 0 spiro atoms. The van der Waals surface area contributed by atoms with Crippen molar-refractivity contribution < 1.29 is 4.79 Å². The van der Waals surface area contributed by atoms with Gasteiger partial charge >= 0.3 is 0 Å². The van der Waals surface area contributed by atoms with Gasteiger partial charge in [-0.2, -0.15) is 0 Å². The molecule has 0 saturated heterocycles. The number of halogens is 1. The maximum Gasteiger partial charge on any atom is 0.228 e. The number of carbonyl (C=O) groups is 1. The lowest BCUT2D eigenvalue weighted by Crippen LogP contribution is -2.17. The molecule has 4 heterocycles. The number of thiophene rings is 1. The maximum absolute atomic E-state index is 12.8. The van der Waals surface area contributed by atoms with E-state index in [2.05, 4.69) is 34.3 Å². The van der Waals surface area contributed by atoms with Gasteiger partial charge in [0.15, 0.2) is 11.0 Å². The Kier molecular flexibility index (Phi) is 5.40. The third-order valence-corrected chi connectivity index (χ3v) is 7.55. The number of rotatable bonds is 4. The number of amides is 1. The second kappa shape index (κ2) is 8.23. The van der Waals surface area contributed by atoms with Crippen molar-refractivity contribution in [2.24, 2.45) is 4.99 Å². The Hall–Kier alpha value is -2.88. The third-order valence-electron chi connectivity index (χ3n) is 5.41. The predicted molar refractivity (Wildman–Crippen MR) is 129 cm³/mol. The molecule has 1 aliphatic rings. The van der Waals surface area contributed by atoms with E-state index in [0.29, 0.717) is 16.0 Å². The van der Waals surface area contributed by atoms with Crippen LogP contribution >= 0.6 is 34.3 Å². The van der Waals surface area contributed by atoms with Crippen molar-refractivity contribution in [2.45, 2.75) is 33.2 Å². The Morgan fingerprint density at radius 2 is 1.97 bits per heavy atom. The summed E-state index contributed by atoms with van der Waals surface area (Å²) in [6.45, 7) is 6.13. The molecular weight excluding hydrogens is 464 g/mol. The number of aliphatic imine (C=N–C) groups is 1. The SMILES string of the molecule is Cc1sc2c(c1C)C(c1ccc(Cl)cc1)=N[C@@H](CC(=O)Nc1nccs1)c1nnc(C)n1-2. The Morgan fingerprint density at radius 1 is 1.19 bits per heavy atom. The molecule has 0 bridgehead atoms. The van der Waals surface area contributed by atoms with E-state index in [1.807, 2.05) is 41.1 Å². The third kappa shape index (κ3) is 3.66. The normalized spacial score (nSPS) is 15.0. The van der Waals surface area contributed by atoms with Gasteiger partial charge in [-0.05, 0) is 38.5 Å². The summed E-state index contributed by atoms with van der Waals surface area (Å²) in [5.41, 5.74) is 3.97. The minimum absolute atomic E-state index is 0.127. The van der Waals surface area contributed by atoms with Gasteiger partial charge in [0.25, 0.3) is 0 Å². The minimum atomic E-state index is -0.499. The van der Waals surface area contributed by atoms with E-state index in [1.165, 1.54) is 16.2 Å². The first-order chi connectivity index (χ1) is 15.4. The Labute approximate surface area is 197 Å². The van der Waals surface area contributed by atoms with Gasteiger partial charge in [-0.1, -0.05) is 23.7 Å². The van der Waals surface area contributed by atoms with Crippen LogP contribution in [0.2, 0.25) is 5.02 Å². The van der Waals surface area contributed by atoms with Gasteiger partial charge in [0.05, 0.1) is 12.1 Å². The molecule has 1 aliphatic heterocycles. The van der Waals surface area contributed by atoms with Crippen molar-refractivity contribution in [3.05, 3.63) is 74.1 Å². The lowest BCUT2D eigenvalue weighted by molar-refractivity contribution is -0.116. The number of thiazole rings is 1. The van der Waals surface area contributed by atoms with Gasteiger partial charge in [-0.3, -0.25) is 14.4 Å². The number of carbonyl (C=O) groups excluding carboxylic acids is 1. The van der Waals surface area contributed by atoms with Crippen LogP contribution in [0.25, 0.3) is 5.00 Å². The lowest BCUT2D eigenvalue weighted by atomic mass is 9.99. The van der Waals surface area contributed by atoms with Crippen molar-refractivity contribution in [1.29, 1.82) is 0 Å². The number of anilines is 1. The van der Waals surface area contributed by atoms with Crippen LogP contribution in [-0.4, -0.2) is 31.4 Å². The number of hydrogen-bond donors (Lipinski definition) is 1. The fourth-order valence-electron chi connectivity index (χ4n) is 3.76. The first kappa shape index (κ1) is 21.0. The van der Waals surface area contributed by atoms with Gasteiger partial charge < -0.3 is 5.32 Å². The molecule has 10 heteroatoms. The van der Waals surface area contributed by atoms with Crippen LogP contribution in [0.3, 0.4) is 0 Å². The number of hydrogen-bond acceptors (Lipinski definition) is 7. The molecule has 1 amide bonds. The fraction of sp³-hybridized carbons (Fsp3) is 0.227. The zero-order valence-electron chi connectivity index (χ0n) is 17.6. The van der Waals surface area contributed by atoms with Gasteiger partial charge in [-0.15, -0.1) is 32.9 Å². The van der Waals surface area contributed by atoms with Crippen molar-refractivity contribution >= 4 is 51.0 Å². The monoisotopic (exact) mass is 482 g/mol. The summed E-state index contributed by atoms with van der Waals surface area (Å²) in [4.78, 5) is 23.3. The molecule has 0 radical (unpaired) electrons. The number of benzene rings is 1. The van der Waals surface area contributed by atoms with Crippen molar-refractivity contribution in [2.75, 3.05) is 5.32 Å². The summed E-state index contributed by atoms with van der Waals surface area (Å²) >= 11 is 9.20. The summed E-state index contributed by atoms with van der Waals surface area (Å²) in [7, 11) is 0. The topological polar surface area (TPSA) is 85.1 Å². The Balaban J connectivity index is 1.66. The van der Waals surface area contributed by atoms with E-state index in [4.69, 9.17) is 16.6 Å². The Morgan fingerprint density at radius 3 is 2.69 bits per heavy atom. The fourth-order valence-corrected chi connectivity index (χ4v) is 5.65. The molecular formula is C22H19ClN6OS2. The van der Waals surface area contributed by atoms with E-state index in [-0.39, 0.29) is 12.3 Å². The highest BCUT2D eigenvalue weighted by Crippen LogP contribution is 2.39. The van der Waals surface area contributed by atoms with Crippen LogP contribution in [0.5, 0.6) is 0 Å². The number of fused-ring (bicyclic) bond motifs is 3. The van der Waals surface area contributed by atoms with E-state index in [1.54, 1.807) is 17.5 Å². The molecule has 4 aromatic rings. The zero-order chi connectivity index (χ0) is 22.4. The van der Waals surface area contributed by atoms with Crippen LogP contribution in [0, 0.1) is 20.8 Å². The van der Waals surface area contributed by atoms with E-state index >= 15 is 0 Å².